The van der Waals surface area contributed by atoms with Crippen molar-refractivity contribution in [3.8, 4) is 0 Å². The molecule has 0 atom stereocenters. The fourth-order valence-corrected chi connectivity index (χ4v) is 5.30. The van der Waals surface area contributed by atoms with E-state index in [0.717, 1.165) is 42.4 Å². The van der Waals surface area contributed by atoms with Gasteiger partial charge in [0.1, 0.15) is 5.71 Å². The Morgan fingerprint density at radius 2 is 1.89 bits per heavy atom. The lowest BCUT2D eigenvalue weighted by molar-refractivity contribution is -0.111. The minimum absolute atomic E-state index is 0.0436. The van der Waals surface area contributed by atoms with Crippen LogP contribution < -0.4 is 0 Å². The fraction of sp³-hybridized carbons (Fsp3) is 0.640. The third-order valence-electron chi connectivity index (χ3n) is 7.52. The molecule has 4 aliphatic carbocycles. The second-order valence-corrected chi connectivity index (χ2v) is 9.74. The number of carbonyl (C=O) groups is 1. The molecule has 28 heavy (non-hydrogen) atoms. The lowest BCUT2D eigenvalue weighted by Crippen LogP contribution is -2.24. The third kappa shape index (κ3) is 3.38. The van der Waals surface area contributed by atoms with E-state index in [1.54, 1.807) is 6.92 Å². The predicted molar refractivity (Wildman–Crippen MR) is 115 cm³/mol. The van der Waals surface area contributed by atoms with E-state index in [2.05, 4.69) is 22.9 Å². The molecule has 3 nitrogen and oxygen atoms in total. The highest BCUT2D eigenvalue weighted by Gasteiger charge is 2.59. The van der Waals surface area contributed by atoms with Crippen molar-refractivity contribution in [1.29, 1.82) is 0 Å². The maximum atomic E-state index is 12.3. The molecule has 0 amide bonds. The fourth-order valence-electron chi connectivity index (χ4n) is 5.30. The zero-order chi connectivity index (χ0) is 19.3. The summed E-state index contributed by atoms with van der Waals surface area (Å²) in [7, 11) is 0. The Labute approximate surface area is 168 Å². The van der Waals surface area contributed by atoms with Crippen molar-refractivity contribution in [1.82, 2.24) is 0 Å². The number of hydrogen-bond donors (Lipinski definition) is 0. The van der Waals surface area contributed by atoms with Gasteiger partial charge in [0, 0.05) is 17.9 Å². The normalized spacial score (nSPS) is 27.7. The Hall–Kier alpha value is -1.77. The highest BCUT2D eigenvalue weighted by atomic mass is 16.1. The van der Waals surface area contributed by atoms with E-state index in [1.807, 2.05) is 0 Å². The summed E-state index contributed by atoms with van der Waals surface area (Å²) in [6, 6.07) is 0. The molecule has 0 unspecified atom stereocenters. The molecule has 3 heteroatoms. The van der Waals surface area contributed by atoms with E-state index >= 15 is 0 Å². The quantitative estimate of drug-likeness (QED) is 0.503. The Kier molecular flexibility index (Phi) is 4.52. The molecule has 0 spiro atoms. The van der Waals surface area contributed by atoms with E-state index in [-0.39, 0.29) is 11.2 Å². The van der Waals surface area contributed by atoms with Gasteiger partial charge in [0.05, 0.1) is 5.71 Å². The average Bonchev–Trinajstić information content (AvgIpc) is 3.53. The molecule has 0 radical (unpaired) electrons. The molecule has 5 aliphatic rings. The average molecular weight is 377 g/mol. The van der Waals surface area contributed by atoms with Gasteiger partial charge in [-0.25, -0.2) is 0 Å². The van der Waals surface area contributed by atoms with Crippen molar-refractivity contribution in [2.24, 2.45) is 27.5 Å². The third-order valence-corrected chi connectivity index (χ3v) is 7.52. The van der Waals surface area contributed by atoms with Crippen molar-refractivity contribution in [3.63, 3.8) is 0 Å². The lowest BCUT2D eigenvalue weighted by Gasteiger charge is -2.22. The Morgan fingerprint density at radius 3 is 2.54 bits per heavy atom. The van der Waals surface area contributed by atoms with Gasteiger partial charge in [-0.15, -0.1) is 5.10 Å². The van der Waals surface area contributed by atoms with Crippen LogP contribution in [-0.4, -0.2) is 17.2 Å². The standard InChI is InChI=1S/C25H32N2O/c1-16(7-8-18-9-10-18)21-6-4-3-5-19(21)15-22-23(17(2)28)26-27-24(22)25(13-14-25)20-11-12-20/h15,18,20H,1,3-14H2,2H3/b22-15-. The Bertz CT molecular complexity index is 842. The molecule has 0 aromatic rings. The van der Waals surface area contributed by atoms with Crippen molar-refractivity contribution in [3.05, 3.63) is 34.9 Å². The van der Waals surface area contributed by atoms with E-state index < -0.39 is 0 Å². The first-order valence-corrected chi connectivity index (χ1v) is 11.4. The van der Waals surface area contributed by atoms with E-state index in [0.29, 0.717) is 5.71 Å². The summed E-state index contributed by atoms with van der Waals surface area (Å²) in [5.74, 6) is 1.76. The summed E-state index contributed by atoms with van der Waals surface area (Å²) in [6.07, 6.45) is 17.3. The van der Waals surface area contributed by atoms with Crippen LogP contribution in [-0.2, 0) is 4.79 Å². The van der Waals surface area contributed by atoms with Crippen LogP contribution in [0, 0.1) is 17.3 Å². The molecular weight excluding hydrogens is 344 g/mol. The number of Topliss-reactive ketones (excluding diaryl/α,β-unsaturated/α-hetero) is 1. The molecule has 0 N–H and O–H groups in total. The monoisotopic (exact) mass is 376 g/mol. The zero-order valence-electron chi connectivity index (χ0n) is 17.2. The molecule has 1 heterocycles. The topological polar surface area (TPSA) is 41.8 Å². The van der Waals surface area contributed by atoms with Gasteiger partial charge < -0.3 is 0 Å². The molecule has 0 bridgehead atoms. The van der Waals surface area contributed by atoms with Crippen molar-refractivity contribution in [2.75, 3.05) is 0 Å². The Morgan fingerprint density at radius 1 is 1.14 bits per heavy atom. The van der Waals surface area contributed by atoms with Gasteiger partial charge >= 0.3 is 0 Å². The first kappa shape index (κ1) is 18.3. The van der Waals surface area contributed by atoms with Crippen LogP contribution in [0.2, 0.25) is 0 Å². The van der Waals surface area contributed by atoms with Crippen LogP contribution in [0.4, 0.5) is 0 Å². The van der Waals surface area contributed by atoms with Gasteiger partial charge in [-0.05, 0) is 93.3 Å². The smallest absolute Gasteiger partial charge is 0.180 e. The first-order valence-electron chi connectivity index (χ1n) is 11.4. The molecular formula is C25H32N2O. The molecule has 148 valence electrons. The van der Waals surface area contributed by atoms with Crippen molar-refractivity contribution in [2.45, 2.75) is 84.0 Å². The minimum Gasteiger partial charge on any atom is -0.293 e. The summed E-state index contributed by atoms with van der Waals surface area (Å²) in [4.78, 5) is 12.3. The van der Waals surface area contributed by atoms with Crippen molar-refractivity contribution < 1.29 is 4.79 Å². The number of nitrogens with zero attached hydrogens (tertiary/aromatic N) is 2. The van der Waals surface area contributed by atoms with Gasteiger partial charge in [0.2, 0.25) is 0 Å². The maximum Gasteiger partial charge on any atom is 0.180 e. The van der Waals surface area contributed by atoms with Gasteiger partial charge in [0.25, 0.3) is 0 Å². The largest absolute Gasteiger partial charge is 0.293 e. The zero-order valence-corrected chi connectivity index (χ0v) is 17.2. The Balaban J connectivity index is 1.47. The summed E-state index contributed by atoms with van der Waals surface area (Å²) < 4.78 is 0. The van der Waals surface area contributed by atoms with Crippen LogP contribution in [0.15, 0.2) is 45.2 Å². The maximum absolute atomic E-state index is 12.3. The number of hydrogen-bond acceptors (Lipinski definition) is 3. The lowest BCUT2D eigenvalue weighted by atomic mass is 9.81. The van der Waals surface area contributed by atoms with Gasteiger partial charge in [-0.3, -0.25) is 4.79 Å². The predicted octanol–water partition coefficient (Wildman–Crippen LogP) is 6.12. The summed E-state index contributed by atoms with van der Waals surface area (Å²) in [5.41, 5.74) is 7.18. The van der Waals surface area contributed by atoms with Gasteiger partial charge in [-0.2, -0.15) is 5.10 Å². The molecule has 0 aromatic heterocycles. The van der Waals surface area contributed by atoms with Crippen LogP contribution in [0.5, 0.6) is 0 Å². The second-order valence-electron chi connectivity index (χ2n) is 9.74. The molecule has 0 aromatic carbocycles. The van der Waals surface area contributed by atoms with Crippen LogP contribution in [0.25, 0.3) is 0 Å². The summed E-state index contributed by atoms with van der Waals surface area (Å²) in [6.45, 7) is 6.09. The molecule has 0 saturated heterocycles. The molecule has 3 fully saturated rings. The van der Waals surface area contributed by atoms with Crippen LogP contribution in [0.3, 0.4) is 0 Å². The van der Waals surface area contributed by atoms with E-state index in [9.17, 15) is 4.79 Å². The number of ketones is 1. The van der Waals surface area contributed by atoms with E-state index in [4.69, 9.17) is 0 Å². The summed E-state index contributed by atoms with van der Waals surface area (Å²) >= 11 is 0. The minimum atomic E-state index is 0.0436. The summed E-state index contributed by atoms with van der Waals surface area (Å²) in [5, 5.41) is 8.95. The van der Waals surface area contributed by atoms with Gasteiger partial charge in [0.15, 0.2) is 5.78 Å². The SMILES string of the molecule is C=C(CCC1CC1)C1=C(/C=C2/C(C(C)=O)=NN=C2C2(C3CC3)CC2)CCCC1. The number of rotatable bonds is 8. The van der Waals surface area contributed by atoms with Crippen LogP contribution in [0.1, 0.15) is 84.0 Å². The number of allylic oxidation sites excluding steroid dienone is 5. The van der Waals surface area contributed by atoms with Gasteiger partial charge in [-0.1, -0.05) is 25.0 Å². The van der Waals surface area contributed by atoms with Crippen molar-refractivity contribution >= 4 is 17.2 Å². The molecule has 1 aliphatic heterocycles. The first-order chi connectivity index (χ1) is 13.6. The molecule has 3 saturated carbocycles. The number of carbonyl (C=O) groups excluding carboxylic acids is 1. The highest BCUT2D eigenvalue weighted by molar-refractivity contribution is 6.53. The highest BCUT2D eigenvalue weighted by Crippen LogP contribution is 2.63. The van der Waals surface area contributed by atoms with E-state index in [1.165, 1.54) is 74.5 Å². The second kappa shape index (κ2) is 6.93. The molecule has 5 rings (SSSR count). The van der Waals surface area contributed by atoms with Crippen LogP contribution >= 0.6 is 0 Å².